The molecule has 0 unspecified atom stereocenters. The third kappa shape index (κ3) is 4.21. The minimum Gasteiger partial charge on any atom is -0.502 e. The maximum Gasteiger partial charge on any atom is 0.235 e. The van der Waals surface area contributed by atoms with E-state index in [0.29, 0.717) is 5.57 Å². The van der Waals surface area contributed by atoms with Crippen molar-refractivity contribution >= 4 is 17.7 Å². The van der Waals surface area contributed by atoms with E-state index in [2.05, 4.69) is 19.7 Å². The lowest BCUT2D eigenvalue weighted by atomic mass is 10.1. The molecule has 3 heteroatoms. The van der Waals surface area contributed by atoms with Gasteiger partial charge in [0.2, 0.25) is 11.2 Å². The molecule has 1 rings (SSSR count). The van der Waals surface area contributed by atoms with Gasteiger partial charge in [0.05, 0.1) is 5.56 Å². The number of hydrogen-bond acceptors (Lipinski definition) is 3. The Balaban J connectivity index is 0.00000191. The molecule has 0 spiro atoms. The first-order valence-corrected chi connectivity index (χ1v) is 6.71. The Bertz CT molecular complexity index is 629. The van der Waals surface area contributed by atoms with Crippen LogP contribution >= 0.6 is 0 Å². The van der Waals surface area contributed by atoms with Crippen molar-refractivity contribution in [2.75, 3.05) is 0 Å². The average molecular weight is 286 g/mol. The van der Waals surface area contributed by atoms with Gasteiger partial charge >= 0.3 is 0 Å². The smallest absolute Gasteiger partial charge is 0.235 e. The van der Waals surface area contributed by atoms with Crippen LogP contribution in [0, 0.1) is 0 Å². The summed E-state index contributed by atoms with van der Waals surface area (Å²) in [5.41, 5.74) is 0.241. The minimum atomic E-state index is -0.530. The van der Waals surface area contributed by atoms with E-state index in [1.807, 2.05) is 13.8 Å². The Morgan fingerprint density at radius 3 is 2.24 bits per heavy atom. The fourth-order valence-corrected chi connectivity index (χ4v) is 1.57. The lowest BCUT2D eigenvalue weighted by Crippen LogP contribution is -2.08. The van der Waals surface area contributed by atoms with Crippen LogP contribution in [0.25, 0.3) is 17.7 Å². The normalized spacial score (nSPS) is 10.7. The predicted molar refractivity (Wildman–Crippen MR) is 91.2 cm³/mol. The van der Waals surface area contributed by atoms with E-state index in [1.54, 1.807) is 31.2 Å². The van der Waals surface area contributed by atoms with Crippen molar-refractivity contribution in [3.05, 3.63) is 71.3 Å². The van der Waals surface area contributed by atoms with Gasteiger partial charge in [-0.15, -0.1) is 0 Å². The number of hydrogen-bond donors (Lipinski definition) is 1. The average Bonchev–Trinajstić information content (AvgIpc) is 2.53. The highest BCUT2D eigenvalue weighted by Crippen LogP contribution is 2.26. The van der Waals surface area contributed by atoms with E-state index in [-0.39, 0.29) is 17.1 Å². The van der Waals surface area contributed by atoms with Crippen LogP contribution < -0.4 is 5.43 Å². The molecule has 21 heavy (non-hydrogen) atoms. The largest absolute Gasteiger partial charge is 0.502 e. The van der Waals surface area contributed by atoms with Crippen LogP contribution in [0.15, 0.2) is 53.3 Å². The first kappa shape index (κ1) is 18.4. The SMILES string of the molecule is C=C/C=C\C(=C/C)c1oc(C=C)c(C=C)c(=O)c1O.CC. The molecule has 1 heterocycles. The summed E-state index contributed by atoms with van der Waals surface area (Å²) in [6.07, 6.45) is 9.42. The molecule has 1 aromatic heterocycles. The number of rotatable bonds is 5. The highest BCUT2D eigenvalue weighted by Gasteiger charge is 2.16. The second kappa shape index (κ2) is 9.37. The van der Waals surface area contributed by atoms with Crippen molar-refractivity contribution < 1.29 is 9.52 Å². The van der Waals surface area contributed by atoms with E-state index in [1.165, 1.54) is 12.2 Å². The predicted octanol–water partition coefficient (Wildman–Crippen LogP) is 4.80. The molecule has 0 bridgehead atoms. The zero-order chi connectivity index (χ0) is 16.4. The lowest BCUT2D eigenvalue weighted by Gasteiger charge is -2.08. The fraction of sp³-hybridized carbons (Fsp3) is 0.167. The molecule has 0 atom stereocenters. The molecular formula is C18H22O3. The lowest BCUT2D eigenvalue weighted by molar-refractivity contribution is 0.419. The summed E-state index contributed by atoms with van der Waals surface area (Å²) in [6, 6.07) is 0. The van der Waals surface area contributed by atoms with Gasteiger partial charge in [-0.05, 0) is 13.0 Å². The van der Waals surface area contributed by atoms with Crippen molar-refractivity contribution in [2.24, 2.45) is 0 Å². The molecule has 112 valence electrons. The van der Waals surface area contributed by atoms with Gasteiger partial charge in [-0.3, -0.25) is 4.79 Å². The topological polar surface area (TPSA) is 50.4 Å². The van der Waals surface area contributed by atoms with Gasteiger partial charge in [0, 0.05) is 5.57 Å². The molecule has 1 N–H and O–H groups in total. The van der Waals surface area contributed by atoms with Gasteiger partial charge in [-0.2, -0.15) is 0 Å². The molecule has 0 fully saturated rings. The quantitative estimate of drug-likeness (QED) is 0.791. The standard InChI is InChI=1S/C16H16O3.C2H6/c1-5-9-10-11(6-2)16-15(18)14(17)12(7-3)13(8-4)19-16;1-2/h5-10,18H,1,3-4H2,2H3;1-2H3/b10-9-,11-6+;. The van der Waals surface area contributed by atoms with Crippen LogP contribution in [0.5, 0.6) is 5.75 Å². The summed E-state index contributed by atoms with van der Waals surface area (Å²) in [5.74, 6) is -0.0624. The van der Waals surface area contributed by atoms with Crippen LogP contribution in [0.3, 0.4) is 0 Å². The second-order valence-corrected chi connectivity index (χ2v) is 3.63. The van der Waals surface area contributed by atoms with E-state index in [4.69, 9.17) is 4.42 Å². The van der Waals surface area contributed by atoms with Gasteiger partial charge in [0.15, 0.2) is 5.76 Å². The summed E-state index contributed by atoms with van der Waals surface area (Å²) >= 11 is 0. The molecule has 0 aliphatic rings. The van der Waals surface area contributed by atoms with E-state index >= 15 is 0 Å². The van der Waals surface area contributed by atoms with Crippen LogP contribution in [0.4, 0.5) is 0 Å². The highest BCUT2D eigenvalue weighted by atomic mass is 16.4. The molecule has 3 nitrogen and oxygen atoms in total. The maximum atomic E-state index is 12.0. The van der Waals surface area contributed by atoms with Crippen molar-refractivity contribution in [1.82, 2.24) is 0 Å². The van der Waals surface area contributed by atoms with Crippen molar-refractivity contribution in [3.63, 3.8) is 0 Å². The highest BCUT2D eigenvalue weighted by molar-refractivity contribution is 5.75. The van der Waals surface area contributed by atoms with Crippen LogP contribution in [0.1, 0.15) is 37.9 Å². The summed E-state index contributed by atoms with van der Waals surface area (Å²) < 4.78 is 5.52. The number of allylic oxidation sites excluding steroid dienone is 5. The third-order valence-corrected chi connectivity index (χ3v) is 2.53. The van der Waals surface area contributed by atoms with Crippen LogP contribution in [0.2, 0.25) is 0 Å². The molecule has 1 aromatic rings. The van der Waals surface area contributed by atoms with Gasteiger partial charge in [-0.1, -0.05) is 64.0 Å². The van der Waals surface area contributed by atoms with Crippen LogP contribution in [-0.4, -0.2) is 5.11 Å². The Hall–Kier alpha value is -2.55. The zero-order valence-electron chi connectivity index (χ0n) is 12.8. The molecule has 0 aliphatic heterocycles. The first-order chi connectivity index (χ1) is 10.1. The van der Waals surface area contributed by atoms with Crippen molar-refractivity contribution in [2.45, 2.75) is 20.8 Å². The Kier molecular flexibility index (Phi) is 8.23. The number of aromatic hydroxyl groups is 1. The summed E-state index contributed by atoms with van der Waals surface area (Å²) in [4.78, 5) is 12.0. The summed E-state index contributed by atoms with van der Waals surface area (Å²) in [6.45, 7) is 16.4. The first-order valence-electron chi connectivity index (χ1n) is 6.71. The molecule has 0 aliphatic carbocycles. The summed E-state index contributed by atoms with van der Waals surface area (Å²) in [5, 5.41) is 9.94. The minimum absolute atomic E-state index is 0.103. The summed E-state index contributed by atoms with van der Waals surface area (Å²) in [7, 11) is 0. The van der Waals surface area contributed by atoms with Crippen molar-refractivity contribution in [1.29, 1.82) is 0 Å². The maximum absolute atomic E-state index is 12.0. The molecule has 0 saturated carbocycles. The Morgan fingerprint density at radius 2 is 1.81 bits per heavy atom. The van der Waals surface area contributed by atoms with E-state index in [0.717, 1.165) is 0 Å². The molecule has 0 saturated heterocycles. The molecule has 0 aromatic carbocycles. The molecular weight excluding hydrogens is 264 g/mol. The third-order valence-electron chi connectivity index (χ3n) is 2.53. The van der Waals surface area contributed by atoms with Crippen LogP contribution in [-0.2, 0) is 0 Å². The molecule has 0 radical (unpaired) electrons. The van der Waals surface area contributed by atoms with Gasteiger partial charge in [-0.25, -0.2) is 0 Å². The van der Waals surface area contributed by atoms with Gasteiger partial charge < -0.3 is 9.52 Å². The molecule has 0 amide bonds. The van der Waals surface area contributed by atoms with Gasteiger partial charge in [0.1, 0.15) is 5.76 Å². The second-order valence-electron chi connectivity index (χ2n) is 3.63. The Labute approximate surface area is 125 Å². The van der Waals surface area contributed by atoms with E-state index < -0.39 is 11.2 Å². The zero-order valence-corrected chi connectivity index (χ0v) is 12.8. The monoisotopic (exact) mass is 286 g/mol. The van der Waals surface area contributed by atoms with Gasteiger partial charge in [0.25, 0.3) is 0 Å². The Morgan fingerprint density at radius 1 is 1.19 bits per heavy atom. The van der Waals surface area contributed by atoms with Crippen molar-refractivity contribution in [3.8, 4) is 5.75 Å². The fourth-order valence-electron chi connectivity index (χ4n) is 1.57. The van der Waals surface area contributed by atoms with E-state index in [9.17, 15) is 9.90 Å².